The Morgan fingerprint density at radius 2 is 1.88 bits per heavy atom. The van der Waals surface area contributed by atoms with E-state index in [1.54, 1.807) is 0 Å². The lowest BCUT2D eigenvalue weighted by molar-refractivity contribution is 0.109. The van der Waals surface area contributed by atoms with E-state index in [4.69, 9.17) is 4.42 Å². The number of nitrogens with one attached hydrogen (secondary N) is 1. The first-order chi connectivity index (χ1) is 8.13. The third kappa shape index (κ3) is 2.38. The average molecular weight is 229 g/mol. The molecule has 1 heterocycles. The standard InChI is InChI=1S/C14H15NO2/c1-14(2,12-8-9-17-13(12)10-16)15-11-6-4-3-5-7-11/h3-10,15H,1-2H3. The fraction of sp³-hybridized carbons (Fsp3) is 0.214. The molecule has 0 aliphatic carbocycles. The van der Waals surface area contributed by atoms with Crippen molar-refractivity contribution < 1.29 is 9.21 Å². The molecule has 3 nitrogen and oxygen atoms in total. The van der Waals surface area contributed by atoms with Crippen LogP contribution in [-0.4, -0.2) is 6.29 Å². The monoisotopic (exact) mass is 229 g/mol. The number of furan rings is 1. The molecule has 1 aromatic heterocycles. The summed E-state index contributed by atoms with van der Waals surface area (Å²) in [6.07, 6.45) is 2.28. The Labute approximate surface area is 100 Å². The zero-order valence-electron chi connectivity index (χ0n) is 9.94. The molecule has 3 heteroatoms. The maximum absolute atomic E-state index is 10.9. The van der Waals surface area contributed by atoms with Gasteiger partial charge in [0.25, 0.3) is 0 Å². The van der Waals surface area contributed by atoms with E-state index in [0.717, 1.165) is 17.5 Å². The third-order valence-electron chi connectivity index (χ3n) is 2.71. The van der Waals surface area contributed by atoms with E-state index >= 15 is 0 Å². The summed E-state index contributed by atoms with van der Waals surface area (Å²) in [6.45, 7) is 4.02. The average Bonchev–Trinajstić information content (AvgIpc) is 2.78. The molecule has 0 radical (unpaired) electrons. The summed E-state index contributed by atoms with van der Waals surface area (Å²) < 4.78 is 5.13. The van der Waals surface area contributed by atoms with Crippen molar-refractivity contribution in [1.82, 2.24) is 0 Å². The minimum absolute atomic E-state index is 0.357. The number of anilines is 1. The molecular weight excluding hydrogens is 214 g/mol. The smallest absolute Gasteiger partial charge is 0.185 e. The highest BCUT2D eigenvalue weighted by Gasteiger charge is 2.25. The first kappa shape index (κ1) is 11.5. The molecule has 0 unspecified atom stereocenters. The number of carbonyl (C=O) groups excluding carboxylic acids is 1. The first-order valence-corrected chi connectivity index (χ1v) is 5.50. The van der Waals surface area contributed by atoms with E-state index in [0.29, 0.717) is 5.76 Å². The molecule has 0 bridgehead atoms. The van der Waals surface area contributed by atoms with Gasteiger partial charge in [-0.3, -0.25) is 4.79 Å². The van der Waals surface area contributed by atoms with Gasteiger partial charge in [0.05, 0.1) is 11.8 Å². The van der Waals surface area contributed by atoms with E-state index in [1.807, 2.05) is 50.2 Å². The van der Waals surface area contributed by atoms with Gasteiger partial charge in [-0.2, -0.15) is 0 Å². The maximum atomic E-state index is 10.9. The molecule has 2 rings (SSSR count). The van der Waals surface area contributed by atoms with Gasteiger partial charge in [-0.25, -0.2) is 0 Å². The molecule has 1 N–H and O–H groups in total. The van der Waals surface area contributed by atoms with Gasteiger partial charge in [-0.15, -0.1) is 0 Å². The van der Waals surface area contributed by atoms with Crippen molar-refractivity contribution in [2.75, 3.05) is 5.32 Å². The quantitative estimate of drug-likeness (QED) is 0.816. The summed E-state index contributed by atoms with van der Waals surface area (Å²) in [5.41, 5.74) is 1.51. The lowest BCUT2D eigenvalue weighted by Gasteiger charge is -2.27. The van der Waals surface area contributed by atoms with Crippen LogP contribution in [-0.2, 0) is 5.54 Å². The van der Waals surface area contributed by atoms with Gasteiger partial charge in [0.15, 0.2) is 12.0 Å². The zero-order valence-corrected chi connectivity index (χ0v) is 9.94. The van der Waals surface area contributed by atoms with E-state index in [9.17, 15) is 4.79 Å². The SMILES string of the molecule is CC(C)(Nc1ccccc1)c1ccoc1C=O. The Kier molecular flexibility index (Phi) is 3.00. The molecule has 1 aromatic carbocycles. The largest absolute Gasteiger partial charge is 0.461 e. The molecule has 0 fully saturated rings. The van der Waals surface area contributed by atoms with Crippen molar-refractivity contribution in [3.05, 3.63) is 54.0 Å². The van der Waals surface area contributed by atoms with Crippen molar-refractivity contribution in [1.29, 1.82) is 0 Å². The van der Waals surface area contributed by atoms with E-state index in [-0.39, 0.29) is 5.54 Å². The van der Waals surface area contributed by atoms with Crippen LogP contribution in [0.25, 0.3) is 0 Å². The normalized spacial score (nSPS) is 11.2. The molecule has 0 atom stereocenters. The van der Waals surface area contributed by atoms with Crippen molar-refractivity contribution in [2.24, 2.45) is 0 Å². The van der Waals surface area contributed by atoms with Crippen LogP contribution in [0, 0.1) is 0 Å². The molecule has 88 valence electrons. The van der Waals surface area contributed by atoms with Crippen LogP contribution in [0.4, 0.5) is 5.69 Å². The molecule has 0 saturated heterocycles. The predicted octanol–water partition coefficient (Wildman–Crippen LogP) is 3.44. The highest BCUT2D eigenvalue weighted by Crippen LogP contribution is 2.28. The number of benzene rings is 1. The molecule has 0 amide bonds. The van der Waals surface area contributed by atoms with Crippen LogP contribution >= 0.6 is 0 Å². The van der Waals surface area contributed by atoms with E-state index in [1.165, 1.54) is 6.26 Å². The minimum atomic E-state index is -0.357. The predicted molar refractivity (Wildman–Crippen MR) is 67.2 cm³/mol. The number of hydrogen-bond acceptors (Lipinski definition) is 3. The summed E-state index contributed by atoms with van der Waals surface area (Å²) in [5, 5.41) is 3.38. The molecular formula is C14H15NO2. The van der Waals surface area contributed by atoms with Crippen molar-refractivity contribution in [3.8, 4) is 0 Å². The summed E-state index contributed by atoms with van der Waals surface area (Å²) >= 11 is 0. The van der Waals surface area contributed by atoms with E-state index < -0.39 is 0 Å². The van der Waals surface area contributed by atoms with Gasteiger partial charge in [0, 0.05) is 11.3 Å². The van der Waals surface area contributed by atoms with Crippen LogP contribution in [0.5, 0.6) is 0 Å². The van der Waals surface area contributed by atoms with Crippen LogP contribution < -0.4 is 5.32 Å². The van der Waals surface area contributed by atoms with Gasteiger partial charge < -0.3 is 9.73 Å². The first-order valence-electron chi connectivity index (χ1n) is 5.50. The van der Waals surface area contributed by atoms with E-state index in [2.05, 4.69) is 5.32 Å². The summed E-state index contributed by atoms with van der Waals surface area (Å²) in [7, 11) is 0. The highest BCUT2D eigenvalue weighted by atomic mass is 16.3. The molecule has 17 heavy (non-hydrogen) atoms. The topological polar surface area (TPSA) is 42.2 Å². The second-order valence-electron chi connectivity index (χ2n) is 4.43. The van der Waals surface area contributed by atoms with Crippen molar-refractivity contribution in [2.45, 2.75) is 19.4 Å². The molecule has 0 aliphatic heterocycles. The van der Waals surface area contributed by atoms with Gasteiger partial charge in [-0.1, -0.05) is 18.2 Å². The Morgan fingerprint density at radius 3 is 2.53 bits per heavy atom. The van der Waals surface area contributed by atoms with Crippen LogP contribution in [0.2, 0.25) is 0 Å². The second-order valence-corrected chi connectivity index (χ2v) is 4.43. The minimum Gasteiger partial charge on any atom is -0.461 e. The van der Waals surface area contributed by atoms with Crippen LogP contribution in [0.15, 0.2) is 47.1 Å². The number of hydrogen-bond donors (Lipinski definition) is 1. The molecule has 0 spiro atoms. The Bertz CT molecular complexity index is 500. The van der Waals surface area contributed by atoms with Gasteiger partial charge in [-0.05, 0) is 32.0 Å². The van der Waals surface area contributed by atoms with Crippen molar-refractivity contribution >= 4 is 12.0 Å². The lowest BCUT2D eigenvalue weighted by atomic mass is 9.94. The summed E-state index contributed by atoms with van der Waals surface area (Å²) in [5.74, 6) is 0.374. The van der Waals surface area contributed by atoms with Gasteiger partial charge >= 0.3 is 0 Å². The van der Waals surface area contributed by atoms with Crippen LogP contribution in [0.3, 0.4) is 0 Å². The van der Waals surface area contributed by atoms with Gasteiger partial charge in [0.1, 0.15) is 0 Å². The maximum Gasteiger partial charge on any atom is 0.185 e. The molecule has 0 aliphatic rings. The van der Waals surface area contributed by atoms with Crippen molar-refractivity contribution in [3.63, 3.8) is 0 Å². The fourth-order valence-corrected chi connectivity index (χ4v) is 1.88. The zero-order chi connectivity index (χ0) is 12.3. The summed E-state index contributed by atoms with van der Waals surface area (Å²) in [6, 6.07) is 11.7. The Balaban J connectivity index is 2.28. The second kappa shape index (κ2) is 4.45. The molecule has 0 saturated carbocycles. The third-order valence-corrected chi connectivity index (χ3v) is 2.71. The van der Waals surface area contributed by atoms with Crippen LogP contribution in [0.1, 0.15) is 30.0 Å². The summed E-state index contributed by atoms with van der Waals surface area (Å²) in [4.78, 5) is 10.9. The highest BCUT2D eigenvalue weighted by molar-refractivity contribution is 5.74. The Morgan fingerprint density at radius 1 is 1.18 bits per heavy atom. The fourth-order valence-electron chi connectivity index (χ4n) is 1.88. The Hall–Kier alpha value is -2.03. The number of para-hydroxylation sites is 1. The number of aldehydes is 1. The lowest BCUT2D eigenvalue weighted by Crippen LogP contribution is -2.28. The number of carbonyl (C=O) groups is 1. The molecule has 2 aromatic rings. The number of rotatable bonds is 4. The van der Waals surface area contributed by atoms with Gasteiger partial charge in [0.2, 0.25) is 0 Å².